The van der Waals surface area contributed by atoms with Crippen LogP contribution in [0.5, 0.6) is 0 Å². The number of hydrogen-bond acceptors (Lipinski definition) is 8. The highest BCUT2D eigenvalue weighted by molar-refractivity contribution is 8.18. The topological polar surface area (TPSA) is 84.6 Å². The van der Waals surface area contributed by atoms with Crippen LogP contribution in [0, 0.1) is 0 Å². The van der Waals surface area contributed by atoms with E-state index in [1.165, 1.54) is 11.8 Å². The van der Waals surface area contributed by atoms with Gasteiger partial charge < -0.3 is 18.8 Å². The van der Waals surface area contributed by atoms with Gasteiger partial charge in [0.15, 0.2) is 5.17 Å². The number of rotatable bonds is 6. The van der Waals surface area contributed by atoms with Gasteiger partial charge in [-0.05, 0) is 67.2 Å². The number of hydrogen-bond donors (Lipinski definition) is 0. The van der Waals surface area contributed by atoms with Gasteiger partial charge in [0.1, 0.15) is 11.5 Å². The van der Waals surface area contributed by atoms with Crippen LogP contribution >= 0.6 is 11.8 Å². The maximum absolute atomic E-state index is 12.9. The molecule has 9 heteroatoms. The molecule has 1 aromatic heterocycles. The van der Waals surface area contributed by atoms with Gasteiger partial charge >= 0.3 is 5.97 Å². The first-order valence-corrected chi connectivity index (χ1v) is 12.9. The SMILES string of the molecule is CCOC(=O)c1ccc(-c2ccc(/C=C3\SC(=Nc4ccc(N5CCOCC5)cc4)N(C)C3=O)o2)cc1. The minimum Gasteiger partial charge on any atom is -0.462 e. The second-order valence-corrected chi connectivity index (χ2v) is 9.49. The lowest BCUT2D eigenvalue weighted by Crippen LogP contribution is -2.36. The van der Waals surface area contributed by atoms with Gasteiger partial charge in [-0.25, -0.2) is 9.79 Å². The number of aliphatic imine (C=N–C) groups is 1. The maximum Gasteiger partial charge on any atom is 0.338 e. The van der Waals surface area contributed by atoms with Crippen LogP contribution in [-0.4, -0.2) is 61.9 Å². The van der Waals surface area contributed by atoms with Crippen LogP contribution in [0.3, 0.4) is 0 Å². The normalized spacial score (nSPS) is 18.2. The molecule has 190 valence electrons. The van der Waals surface area contributed by atoms with E-state index in [1.807, 2.05) is 36.4 Å². The lowest BCUT2D eigenvalue weighted by Gasteiger charge is -2.28. The molecule has 0 unspecified atom stereocenters. The number of carbonyl (C=O) groups is 2. The number of amidine groups is 1. The van der Waals surface area contributed by atoms with Crippen molar-refractivity contribution in [1.29, 1.82) is 0 Å². The van der Waals surface area contributed by atoms with Gasteiger partial charge in [-0.3, -0.25) is 9.69 Å². The summed E-state index contributed by atoms with van der Waals surface area (Å²) in [5.74, 6) is 0.709. The predicted octanol–water partition coefficient (Wildman–Crippen LogP) is 5.19. The molecule has 2 aliphatic rings. The number of carbonyl (C=O) groups excluding carboxylic acids is 2. The summed E-state index contributed by atoms with van der Waals surface area (Å²) in [6.07, 6.45) is 1.73. The van der Waals surface area contributed by atoms with E-state index in [0.717, 1.165) is 43.2 Å². The number of ether oxygens (including phenoxy) is 2. The molecule has 2 aliphatic heterocycles. The molecule has 2 aromatic carbocycles. The van der Waals surface area contributed by atoms with E-state index >= 15 is 0 Å². The molecule has 0 saturated carbocycles. The average Bonchev–Trinajstić information content (AvgIpc) is 3.50. The van der Waals surface area contributed by atoms with Gasteiger partial charge in [-0.1, -0.05) is 12.1 Å². The summed E-state index contributed by atoms with van der Waals surface area (Å²) in [6, 6.07) is 18.7. The van der Waals surface area contributed by atoms with Crippen LogP contribution < -0.4 is 4.90 Å². The molecule has 0 aliphatic carbocycles. The molecule has 0 N–H and O–H groups in total. The monoisotopic (exact) mass is 517 g/mol. The summed E-state index contributed by atoms with van der Waals surface area (Å²) < 4.78 is 16.4. The van der Waals surface area contributed by atoms with Gasteiger partial charge in [-0.2, -0.15) is 0 Å². The number of amides is 1. The van der Waals surface area contributed by atoms with E-state index in [4.69, 9.17) is 13.9 Å². The van der Waals surface area contributed by atoms with Crippen molar-refractivity contribution in [2.75, 3.05) is 44.9 Å². The Bertz CT molecular complexity index is 1340. The van der Waals surface area contributed by atoms with Crippen molar-refractivity contribution in [2.24, 2.45) is 4.99 Å². The first-order valence-electron chi connectivity index (χ1n) is 12.1. The molecule has 3 heterocycles. The lowest BCUT2D eigenvalue weighted by molar-refractivity contribution is -0.121. The number of esters is 1. The number of likely N-dealkylation sites (N-methyl/N-ethyl adjacent to an activating group) is 1. The molecule has 3 aromatic rings. The Kier molecular flexibility index (Phi) is 7.43. The molecule has 37 heavy (non-hydrogen) atoms. The summed E-state index contributed by atoms with van der Waals surface area (Å²) in [4.78, 5) is 33.8. The standard InChI is InChI=1S/C28H27N3O5S/c1-3-35-27(33)20-6-4-19(5-7-20)24-13-12-23(36-24)18-25-26(32)30(2)28(37-25)29-21-8-10-22(11-9-21)31-14-16-34-17-15-31/h4-13,18H,3,14-17H2,1-2H3/b25-18-,29-28?. The quantitative estimate of drug-likeness (QED) is 0.328. The fourth-order valence-corrected chi connectivity index (χ4v) is 4.99. The van der Waals surface area contributed by atoms with Crippen LogP contribution in [0.25, 0.3) is 17.4 Å². The summed E-state index contributed by atoms with van der Waals surface area (Å²) in [5.41, 5.74) is 3.23. The van der Waals surface area contributed by atoms with Crippen molar-refractivity contribution in [3.63, 3.8) is 0 Å². The third-order valence-electron chi connectivity index (χ3n) is 6.03. The number of morpholine rings is 1. The van der Waals surface area contributed by atoms with E-state index in [2.05, 4.69) is 9.89 Å². The fourth-order valence-electron chi connectivity index (χ4n) is 4.02. The lowest BCUT2D eigenvalue weighted by atomic mass is 10.1. The largest absolute Gasteiger partial charge is 0.462 e. The van der Waals surface area contributed by atoms with E-state index in [1.54, 1.807) is 49.2 Å². The van der Waals surface area contributed by atoms with Crippen LogP contribution in [0.1, 0.15) is 23.0 Å². The first kappa shape index (κ1) is 24.9. The van der Waals surface area contributed by atoms with Crippen molar-refractivity contribution in [2.45, 2.75) is 6.92 Å². The Morgan fingerprint density at radius 3 is 2.49 bits per heavy atom. The van der Waals surface area contributed by atoms with Crippen LogP contribution in [0.2, 0.25) is 0 Å². The summed E-state index contributed by atoms with van der Waals surface area (Å²) >= 11 is 1.31. The Hall–Kier alpha value is -3.82. The van der Waals surface area contributed by atoms with Gasteiger partial charge in [0.05, 0.1) is 36.0 Å². The van der Waals surface area contributed by atoms with Gasteiger partial charge in [-0.15, -0.1) is 0 Å². The average molecular weight is 518 g/mol. The zero-order valence-electron chi connectivity index (χ0n) is 20.7. The predicted molar refractivity (Wildman–Crippen MR) is 145 cm³/mol. The summed E-state index contributed by atoms with van der Waals surface area (Å²) in [5, 5.41) is 0.608. The first-order chi connectivity index (χ1) is 18.0. The van der Waals surface area contributed by atoms with Gasteiger partial charge in [0.25, 0.3) is 5.91 Å². The molecule has 0 bridgehead atoms. The molecule has 0 spiro atoms. The summed E-state index contributed by atoms with van der Waals surface area (Å²) in [6.45, 7) is 5.33. The van der Waals surface area contributed by atoms with Crippen molar-refractivity contribution >= 4 is 46.3 Å². The fraction of sp³-hybridized carbons (Fsp3) is 0.250. The third kappa shape index (κ3) is 5.63. The molecule has 2 saturated heterocycles. The van der Waals surface area contributed by atoms with Gasteiger partial charge in [0, 0.05) is 37.5 Å². The minimum absolute atomic E-state index is 0.134. The number of anilines is 1. The van der Waals surface area contributed by atoms with E-state index in [-0.39, 0.29) is 11.9 Å². The zero-order valence-corrected chi connectivity index (χ0v) is 21.5. The van der Waals surface area contributed by atoms with Crippen LogP contribution in [0.4, 0.5) is 11.4 Å². The molecule has 1 amide bonds. The van der Waals surface area contributed by atoms with Crippen molar-refractivity contribution in [3.05, 3.63) is 76.9 Å². The third-order valence-corrected chi connectivity index (χ3v) is 7.10. The number of benzene rings is 2. The minimum atomic E-state index is -0.356. The molecular weight excluding hydrogens is 490 g/mol. The number of nitrogens with zero attached hydrogens (tertiary/aromatic N) is 3. The molecular formula is C28H27N3O5S. The van der Waals surface area contributed by atoms with Crippen molar-refractivity contribution in [1.82, 2.24) is 4.90 Å². The summed E-state index contributed by atoms with van der Waals surface area (Å²) in [7, 11) is 1.72. The Morgan fingerprint density at radius 1 is 1.05 bits per heavy atom. The van der Waals surface area contributed by atoms with E-state index in [9.17, 15) is 9.59 Å². The number of thioether (sulfide) groups is 1. The molecule has 0 atom stereocenters. The molecule has 2 fully saturated rings. The second-order valence-electron chi connectivity index (χ2n) is 8.48. The molecule has 5 rings (SSSR count). The molecule has 8 nitrogen and oxygen atoms in total. The van der Waals surface area contributed by atoms with Crippen molar-refractivity contribution < 1.29 is 23.5 Å². The zero-order chi connectivity index (χ0) is 25.8. The van der Waals surface area contributed by atoms with Gasteiger partial charge in [0.2, 0.25) is 0 Å². The molecule has 0 radical (unpaired) electrons. The van der Waals surface area contributed by atoms with Crippen LogP contribution in [0.15, 0.2) is 75.0 Å². The Balaban J connectivity index is 1.28. The smallest absolute Gasteiger partial charge is 0.338 e. The Morgan fingerprint density at radius 2 is 1.78 bits per heavy atom. The van der Waals surface area contributed by atoms with E-state index in [0.29, 0.717) is 33.8 Å². The van der Waals surface area contributed by atoms with Crippen molar-refractivity contribution in [3.8, 4) is 11.3 Å². The van der Waals surface area contributed by atoms with E-state index < -0.39 is 0 Å². The maximum atomic E-state index is 12.9. The second kappa shape index (κ2) is 11.1. The number of furan rings is 1. The Labute approximate surface area is 219 Å². The highest BCUT2D eigenvalue weighted by Gasteiger charge is 2.30. The highest BCUT2D eigenvalue weighted by Crippen LogP contribution is 2.34. The van der Waals surface area contributed by atoms with Crippen LogP contribution in [-0.2, 0) is 14.3 Å². The highest BCUT2D eigenvalue weighted by atomic mass is 32.2.